The van der Waals surface area contributed by atoms with E-state index in [1.54, 1.807) is 18.5 Å². The maximum Gasteiger partial charge on any atom is 0.265 e. The fraction of sp³-hybridized carbons (Fsp3) is 0.400. The number of carbonyl (C=O) groups is 1. The summed E-state index contributed by atoms with van der Waals surface area (Å²) in [4.78, 5) is 23.3. The van der Waals surface area contributed by atoms with Crippen molar-refractivity contribution in [3.05, 3.63) is 39.1 Å². The molecule has 0 spiro atoms. The summed E-state index contributed by atoms with van der Waals surface area (Å²) in [6, 6.07) is 1.74. The van der Waals surface area contributed by atoms with Crippen LogP contribution in [0.1, 0.15) is 26.8 Å². The van der Waals surface area contributed by atoms with Gasteiger partial charge in [0.05, 0.1) is 17.2 Å². The van der Waals surface area contributed by atoms with Crippen molar-refractivity contribution >= 4 is 28.8 Å². The normalized spacial score (nSPS) is 17.8. The van der Waals surface area contributed by atoms with Gasteiger partial charge >= 0.3 is 0 Å². The molecule has 0 N–H and O–H groups in total. The molecule has 0 radical (unpaired) electrons. The summed E-state index contributed by atoms with van der Waals surface area (Å²) in [5.74, 6) is 0.649. The average Bonchev–Trinajstić information content (AvgIpc) is 3.07. The third kappa shape index (κ3) is 3.08. The van der Waals surface area contributed by atoms with Gasteiger partial charge in [0, 0.05) is 31.4 Å². The molecular formula is C15H16ClN3O2S. The molecule has 1 saturated heterocycles. The molecule has 3 heterocycles. The van der Waals surface area contributed by atoms with Gasteiger partial charge < -0.3 is 9.64 Å². The number of ether oxygens (including phenoxy) is 1. The Kier molecular flexibility index (Phi) is 4.31. The number of amides is 1. The van der Waals surface area contributed by atoms with Crippen molar-refractivity contribution in [2.45, 2.75) is 26.4 Å². The zero-order valence-corrected chi connectivity index (χ0v) is 13.9. The molecule has 1 aliphatic heterocycles. The van der Waals surface area contributed by atoms with E-state index in [-0.39, 0.29) is 12.0 Å². The van der Waals surface area contributed by atoms with Crippen molar-refractivity contribution in [3.63, 3.8) is 0 Å². The second kappa shape index (κ2) is 6.22. The number of aryl methyl sites for hydroxylation is 2. The van der Waals surface area contributed by atoms with Gasteiger partial charge in [-0.05, 0) is 13.8 Å². The van der Waals surface area contributed by atoms with Crippen molar-refractivity contribution < 1.29 is 9.53 Å². The summed E-state index contributed by atoms with van der Waals surface area (Å²) in [7, 11) is 0. The predicted molar refractivity (Wildman–Crippen MR) is 85.8 cm³/mol. The number of hydrogen-bond donors (Lipinski definition) is 0. The number of aromatic nitrogens is 2. The van der Waals surface area contributed by atoms with Crippen LogP contribution in [0.25, 0.3) is 0 Å². The summed E-state index contributed by atoms with van der Waals surface area (Å²) >= 11 is 7.49. The maximum absolute atomic E-state index is 12.6. The quantitative estimate of drug-likeness (QED) is 0.863. The topological polar surface area (TPSA) is 55.3 Å². The first-order valence-corrected chi connectivity index (χ1v) is 8.23. The Morgan fingerprint density at radius 2 is 2.32 bits per heavy atom. The Hall–Kier alpha value is -1.66. The fourth-order valence-electron chi connectivity index (χ4n) is 2.52. The van der Waals surface area contributed by atoms with Crippen molar-refractivity contribution in [2.75, 3.05) is 13.1 Å². The molecule has 0 unspecified atom stereocenters. The van der Waals surface area contributed by atoms with Gasteiger partial charge in [-0.15, -0.1) is 11.3 Å². The minimum absolute atomic E-state index is 0.0371. The lowest BCUT2D eigenvalue weighted by Gasteiger charge is -2.17. The van der Waals surface area contributed by atoms with Gasteiger partial charge in [0.1, 0.15) is 21.8 Å². The molecule has 0 saturated carbocycles. The molecular weight excluding hydrogens is 322 g/mol. The van der Waals surface area contributed by atoms with Crippen LogP contribution in [0.2, 0.25) is 5.02 Å². The van der Waals surface area contributed by atoms with E-state index in [1.807, 2.05) is 18.7 Å². The summed E-state index contributed by atoms with van der Waals surface area (Å²) in [6.45, 7) is 5.03. The predicted octanol–water partition coefficient (Wildman–Crippen LogP) is 3.10. The van der Waals surface area contributed by atoms with E-state index < -0.39 is 0 Å². The molecule has 0 bridgehead atoms. The van der Waals surface area contributed by atoms with Gasteiger partial charge in [-0.3, -0.25) is 9.78 Å². The van der Waals surface area contributed by atoms with Crippen LogP contribution < -0.4 is 4.74 Å². The Morgan fingerprint density at radius 3 is 3.00 bits per heavy atom. The van der Waals surface area contributed by atoms with E-state index in [0.717, 1.165) is 22.0 Å². The highest BCUT2D eigenvalue weighted by molar-refractivity contribution is 7.13. The molecule has 1 aliphatic rings. The first-order chi connectivity index (χ1) is 10.5. The molecule has 0 aliphatic carbocycles. The van der Waals surface area contributed by atoms with E-state index in [0.29, 0.717) is 23.9 Å². The third-order valence-electron chi connectivity index (χ3n) is 3.56. The van der Waals surface area contributed by atoms with Gasteiger partial charge in [0.15, 0.2) is 0 Å². The molecule has 5 nitrogen and oxygen atoms in total. The minimum atomic E-state index is -0.0434. The van der Waals surface area contributed by atoms with Gasteiger partial charge in [-0.2, -0.15) is 0 Å². The first kappa shape index (κ1) is 15.2. The molecule has 2 aromatic rings. The summed E-state index contributed by atoms with van der Waals surface area (Å²) in [5.41, 5.74) is 0.800. The Labute approximate surface area is 137 Å². The van der Waals surface area contributed by atoms with Crippen LogP contribution >= 0.6 is 22.9 Å². The number of likely N-dealkylation sites (tertiary alicyclic amines) is 1. The molecule has 1 fully saturated rings. The summed E-state index contributed by atoms with van der Waals surface area (Å²) in [6.07, 6.45) is 3.94. The van der Waals surface area contributed by atoms with Crippen LogP contribution in [0.4, 0.5) is 0 Å². The lowest BCUT2D eigenvalue weighted by atomic mass is 10.3. The van der Waals surface area contributed by atoms with Crippen molar-refractivity contribution in [3.8, 4) is 5.75 Å². The highest BCUT2D eigenvalue weighted by Crippen LogP contribution is 2.27. The molecule has 3 rings (SSSR count). The van der Waals surface area contributed by atoms with Crippen LogP contribution in [0.15, 0.2) is 18.5 Å². The Bertz CT molecular complexity index is 704. The standard InChI is InChI=1S/C15H16ClN3O2S/c1-9-14(22-10(2)18-9)15(20)19-6-4-11(8-19)21-13-3-5-17-7-12(13)16/h3,5,7,11H,4,6,8H2,1-2H3/t11-/m0/s1. The SMILES string of the molecule is Cc1nc(C)c(C(=O)N2CC[C@H](Oc3ccncc3Cl)C2)s1. The molecule has 1 atom stereocenters. The Morgan fingerprint density at radius 1 is 1.50 bits per heavy atom. The highest BCUT2D eigenvalue weighted by atomic mass is 35.5. The zero-order chi connectivity index (χ0) is 15.7. The van der Waals surface area contributed by atoms with Gasteiger partial charge in [0.2, 0.25) is 0 Å². The minimum Gasteiger partial charge on any atom is -0.487 e. The number of halogens is 1. The number of nitrogens with zero attached hydrogens (tertiary/aromatic N) is 3. The Balaban J connectivity index is 1.66. The number of rotatable bonds is 3. The summed E-state index contributed by atoms with van der Waals surface area (Å²) < 4.78 is 5.88. The number of hydrogen-bond acceptors (Lipinski definition) is 5. The molecule has 1 amide bonds. The number of pyridine rings is 1. The number of carbonyl (C=O) groups excluding carboxylic acids is 1. The van der Waals surface area contributed by atoms with Crippen LogP contribution in [-0.4, -0.2) is 40.0 Å². The van der Waals surface area contributed by atoms with Gasteiger partial charge in [0.25, 0.3) is 5.91 Å². The van der Waals surface area contributed by atoms with Crippen molar-refractivity contribution in [2.24, 2.45) is 0 Å². The second-order valence-electron chi connectivity index (χ2n) is 5.23. The van der Waals surface area contributed by atoms with Crippen molar-refractivity contribution in [1.82, 2.24) is 14.9 Å². The lowest BCUT2D eigenvalue weighted by Crippen LogP contribution is -2.30. The maximum atomic E-state index is 12.6. The van der Waals surface area contributed by atoms with Crippen LogP contribution in [0, 0.1) is 13.8 Å². The monoisotopic (exact) mass is 337 g/mol. The molecule has 22 heavy (non-hydrogen) atoms. The van der Waals surface area contributed by atoms with E-state index in [1.165, 1.54) is 11.3 Å². The van der Waals surface area contributed by atoms with E-state index in [2.05, 4.69) is 9.97 Å². The summed E-state index contributed by atoms with van der Waals surface area (Å²) in [5, 5.41) is 1.40. The number of thiazole rings is 1. The van der Waals surface area contributed by atoms with E-state index in [9.17, 15) is 4.79 Å². The fourth-order valence-corrected chi connectivity index (χ4v) is 3.57. The molecule has 7 heteroatoms. The zero-order valence-electron chi connectivity index (χ0n) is 12.4. The van der Waals surface area contributed by atoms with Crippen LogP contribution in [-0.2, 0) is 0 Å². The lowest BCUT2D eigenvalue weighted by molar-refractivity contribution is 0.0776. The average molecular weight is 338 g/mol. The smallest absolute Gasteiger partial charge is 0.265 e. The third-order valence-corrected chi connectivity index (χ3v) is 4.90. The highest BCUT2D eigenvalue weighted by Gasteiger charge is 2.30. The van der Waals surface area contributed by atoms with Crippen LogP contribution in [0.5, 0.6) is 5.75 Å². The molecule has 2 aromatic heterocycles. The molecule has 116 valence electrons. The van der Waals surface area contributed by atoms with E-state index >= 15 is 0 Å². The largest absolute Gasteiger partial charge is 0.487 e. The van der Waals surface area contributed by atoms with E-state index in [4.69, 9.17) is 16.3 Å². The van der Waals surface area contributed by atoms with Crippen LogP contribution in [0.3, 0.4) is 0 Å². The molecule has 0 aromatic carbocycles. The van der Waals surface area contributed by atoms with Gasteiger partial charge in [-0.25, -0.2) is 4.98 Å². The van der Waals surface area contributed by atoms with Gasteiger partial charge in [-0.1, -0.05) is 11.6 Å². The second-order valence-corrected chi connectivity index (χ2v) is 6.84. The first-order valence-electron chi connectivity index (χ1n) is 7.04. The van der Waals surface area contributed by atoms with Crippen molar-refractivity contribution in [1.29, 1.82) is 0 Å².